The summed E-state index contributed by atoms with van der Waals surface area (Å²) in [6.45, 7) is 4.37. The SMILES string of the molecule is O=C(C1COc2ccc(Cl)cc2C1)N1CCN(CCO)CC1. The maximum Gasteiger partial charge on any atom is 0.229 e. The van der Waals surface area contributed by atoms with Crippen LogP contribution in [-0.4, -0.2) is 66.8 Å². The van der Waals surface area contributed by atoms with E-state index in [1.54, 1.807) is 0 Å². The highest BCUT2D eigenvalue weighted by Crippen LogP contribution is 2.30. The van der Waals surface area contributed by atoms with E-state index in [4.69, 9.17) is 21.4 Å². The summed E-state index contributed by atoms with van der Waals surface area (Å²) in [6, 6.07) is 5.56. The zero-order valence-electron chi connectivity index (χ0n) is 12.5. The molecule has 0 aromatic heterocycles. The second-order valence-electron chi connectivity index (χ2n) is 5.85. The van der Waals surface area contributed by atoms with Crippen LogP contribution in [0, 0.1) is 5.92 Å². The minimum Gasteiger partial charge on any atom is -0.492 e. The van der Waals surface area contributed by atoms with Crippen LogP contribution in [0.2, 0.25) is 5.02 Å². The van der Waals surface area contributed by atoms with E-state index < -0.39 is 0 Å². The predicted molar refractivity (Wildman–Crippen MR) is 84.2 cm³/mol. The number of amides is 1. The number of hydrogen-bond donors (Lipinski definition) is 1. The Kier molecular flexibility index (Phi) is 4.86. The van der Waals surface area contributed by atoms with Crippen molar-refractivity contribution in [3.05, 3.63) is 28.8 Å². The second-order valence-corrected chi connectivity index (χ2v) is 6.29. The number of halogens is 1. The fraction of sp³-hybridized carbons (Fsp3) is 0.562. The number of aliphatic hydroxyl groups excluding tert-OH is 1. The molecule has 1 unspecified atom stereocenters. The van der Waals surface area contributed by atoms with Gasteiger partial charge in [0.1, 0.15) is 12.4 Å². The van der Waals surface area contributed by atoms with Gasteiger partial charge in [-0.3, -0.25) is 9.69 Å². The number of rotatable bonds is 3. The van der Waals surface area contributed by atoms with Crippen LogP contribution in [0.4, 0.5) is 0 Å². The number of aliphatic hydroxyl groups is 1. The lowest BCUT2D eigenvalue weighted by molar-refractivity contribution is -0.138. The van der Waals surface area contributed by atoms with Crippen LogP contribution in [0.25, 0.3) is 0 Å². The summed E-state index contributed by atoms with van der Waals surface area (Å²) in [5, 5.41) is 9.64. The Bertz CT molecular complexity index is 544. The molecule has 1 aromatic carbocycles. The van der Waals surface area contributed by atoms with Gasteiger partial charge in [-0.1, -0.05) is 11.6 Å². The van der Waals surface area contributed by atoms with Gasteiger partial charge in [-0.25, -0.2) is 0 Å². The molecule has 1 aromatic rings. The Morgan fingerprint density at radius 2 is 2.09 bits per heavy atom. The van der Waals surface area contributed by atoms with Crippen LogP contribution >= 0.6 is 11.6 Å². The van der Waals surface area contributed by atoms with Gasteiger partial charge in [-0.15, -0.1) is 0 Å². The zero-order chi connectivity index (χ0) is 15.5. The van der Waals surface area contributed by atoms with E-state index in [0.717, 1.165) is 37.5 Å². The molecule has 0 bridgehead atoms. The van der Waals surface area contributed by atoms with Crippen molar-refractivity contribution in [1.82, 2.24) is 9.80 Å². The van der Waals surface area contributed by atoms with E-state index in [9.17, 15) is 4.79 Å². The predicted octanol–water partition coefficient (Wildman–Crippen LogP) is 1.03. The molecule has 0 saturated carbocycles. The van der Waals surface area contributed by atoms with Crippen molar-refractivity contribution in [3.63, 3.8) is 0 Å². The van der Waals surface area contributed by atoms with Gasteiger partial charge >= 0.3 is 0 Å². The van der Waals surface area contributed by atoms with Crippen molar-refractivity contribution in [1.29, 1.82) is 0 Å². The summed E-state index contributed by atoms with van der Waals surface area (Å²) in [5.74, 6) is 0.867. The quantitative estimate of drug-likeness (QED) is 0.902. The van der Waals surface area contributed by atoms with Crippen molar-refractivity contribution in [3.8, 4) is 5.75 Å². The third kappa shape index (κ3) is 3.37. The molecule has 0 spiro atoms. The Balaban J connectivity index is 1.60. The third-order valence-corrected chi connectivity index (χ3v) is 4.61. The summed E-state index contributed by atoms with van der Waals surface area (Å²) < 4.78 is 5.71. The number of ether oxygens (including phenoxy) is 1. The minimum absolute atomic E-state index is 0.129. The number of β-amino-alcohol motifs (C(OH)–C–C–N with tert-alkyl or cyclic N) is 1. The summed E-state index contributed by atoms with van der Waals surface area (Å²) in [5.41, 5.74) is 1.01. The Morgan fingerprint density at radius 1 is 1.32 bits per heavy atom. The molecule has 2 aliphatic rings. The first-order valence-electron chi connectivity index (χ1n) is 7.70. The fourth-order valence-corrected chi connectivity index (χ4v) is 3.31. The largest absolute Gasteiger partial charge is 0.492 e. The number of benzene rings is 1. The Labute approximate surface area is 135 Å². The molecule has 1 fully saturated rings. The van der Waals surface area contributed by atoms with Crippen LogP contribution in [0.1, 0.15) is 5.56 Å². The minimum atomic E-state index is -0.129. The average Bonchev–Trinajstić information content (AvgIpc) is 2.54. The van der Waals surface area contributed by atoms with E-state index in [1.165, 1.54) is 0 Å². The van der Waals surface area contributed by atoms with Crippen LogP contribution in [0.3, 0.4) is 0 Å². The van der Waals surface area contributed by atoms with E-state index in [0.29, 0.717) is 24.6 Å². The van der Waals surface area contributed by atoms with E-state index in [1.807, 2.05) is 23.1 Å². The van der Waals surface area contributed by atoms with Crippen molar-refractivity contribution < 1.29 is 14.6 Å². The highest BCUT2D eigenvalue weighted by Gasteiger charge is 2.31. The van der Waals surface area contributed by atoms with Crippen LogP contribution in [-0.2, 0) is 11.2 Å². The molecule has 0 aliphatic carbocycles. The van der Waals surface area contributed by atoms with Crippen LogP contribution in [0.15, 0.2) is 18.2 Å². The first-order valence-corrected chi connectivity index (χ1v) is 8.08. The van der Waals surface area contributed by atoms with Crippen molar-refractivity contribution >= 4 is 17.5 Å². The molecule has 1 amide bonds. The van der Waals surface area contributed by atoms with Crippen molar-refractivity contribution in [2.45, 2.75) is 6.42 Å². The second kappa shape index (κ2) is 6.86. The topological polar surface area (TPSA) is 53.0 Å². The molecule has 2 heterocycles. The molecule has 2 aliphatic heterocycles. The number of carbonyl (C=O) groups is 1. The molecular weight excluding hydrogens is 304 g/mol. The summed E-state index contributed by atoms with van der Waals surface area (Å²) in [7, 11) is 0. The molecule has 22 heavy (non-hydrogen) atoms. The molecule has 1 atom stereocenters. The average molecular weight is 325 g/mol. The van der Waals surface area contributed by atoms with Gasteiger partial charge in [-0.2, -0.15) is 0 Å². The maximum atomic E-state index is 12.7. The Hall–Kier alpha value is -1.30. The zero-order valence-corrected chi connectivity index (χ0v) is 13.3. The molecule has 0 radical (unpaired) electrons. The molecule has 1 N–H and O–H groups in total. The van der Waals surface area contributed by atoms with Gasteiger partial charge in [0, 0.05) is 37.7 Å². The fourth-order valence-electron chi connectivity index (χ4n) is 3.11. The first kappa shape index (κ1) is 15.6. The maximum absolute atomic E-state index is 12.7. The molecule has 120 valence electrons. The smallest absolute Gasteiger partial charge is 0.229 e. The van der Waals surface area contributed by atoms with Crippen LogP contribution < -0.4 is 4.74 Å². The summed E-state index contributed by atoms with van der Waals surface area (Å²) >= 11 is 6.02. The van der Waals surface area contributed by atoms with E-state index >= 15 is 0 Å². The van der Waals surface area contributed by atoms with E-state index in [-0.39, 0.29) is 18.4 Å². The van der Waals surface area contributed by atoms with Gasteiger partial charge < -0.3 is 14.7 Å². The number of carbonyl (C=O) groups excluding carboxylic acids is 1. The third-order valence-electron chi connectivity index (χ3n) is 4.38. The lowest BCUT2D eigenvalue weighted by Crippen LogP contribution is -2.52. The molecular formula is C16H21ClN2O3. The van der Waals surface area contributed by atoms with Gasteiger partial charge in [0.25, 0.3) is 0 Å². The highest BCUT2D eigenvalue weighted by molar-refractivity contribution is 6.30. The standard InChI is InChI=1S/C16H21ClN2O3/c17-14-1-2-15-12(10-14)9-13(11-22-15)16(21)19-5-3-18(4-6-19)7-8-20/h1-2,10,13,20H,3-9,11H2. The lowest BCUT2D eigenvalue weighted by atomic mass is 9.95. The molecule has 3 rings (SSSR count). The molecule has 5 nitrogen and oxygen atoms in total. The number of hydrogen-bond acceptors (Lipinski definition) is 4. The van der Waals surface area contributed by atoms with E-state index in [2.05, 4.69) is 4.90 Å². The summed E-state index contributed by atoms with van der Waals surface area (Å²) in [6.07, 6.45) is 0.686. The van der Waals surface area contributed by atoms with Gasteiger partial charge in [0.2, 0.25) is 5.91 Å². The monoisotopic (exact) mass is 324 g/mol. The number of nitrogens with zero attached hydrogens (tertiary/aromatic N) is 2. The normalized spacial score (nSPS) is 22.1. The van der Waals surface area contributed by atoms with Crippen molar-refractivity contribution in [2.75, 3.05) is 45.9 Å². The Morgan fingerprint density at radius 3 is 2.82 bits per heavy atom. The van der Waals surface area contributed by atoms with Crippen LogP contribution in [0.5, 0.6) is 5.75 Å². The highest BCUT2D eigenvalue weighted by atomic mass is 35.5. The summed E-state index contributed by atoms with van der Waals surface area (Å²) in [4.78, 5) is 16.7. The first-order chi connectivity index (χ1) is 10.7. The van der Waals surface area contributed by atoms with Gasteiger partial charge in [0.15, 0.2) is 0 Å². The van der Waals surface area contributed by atoms with Gasteiger partial charge in [0.05, 0.1) is 12.5 Å². The lowest BCUT2D eigenvalue weighted by Gasteiger charge is -2.37. The van der Waals surface area contributed by atoms with Crippen molar-refractivity contribution in [2.24, 2.45) is 5.92 Å². The molecule has 6 heteroatoms. The number of piperazine rings is 1. The van der Waals surface area contributed by atoms with Gasteiger partial charge in [-0.05, 0) is 30.2 Å². The molecule has 1 saturated heterocycles. The number of fused-ring (bicyclic) bond motifs is 1.